The first-order chi connectivity index (χ1) is 31.7. The number of nitrogens with one attached hydrogen (secondary N) is 5. The molecule has 348 valence electrons. The molecule has 7 rings (SSSR count). The lowest BCUT2D eigenvalue weighted by molar-refractivity contribution is -0.147. The van der Waals surface area contributed by atoms with Crippen molar-refractivity contribution in [2.75, 3.05) is 31.5 Å². The van der Waals surface area contributed by atoms with Crippen molar-refractivity contribution in [3.05, 3.63) is 95.6 Å². The number of benzene rings is 3. The number of aromatic nitrogens is 1. The zero-order chi connectivity index (χ0) is 45.5. The number of hydroxylamine groups is 1. The van der Waals surface area contributed by atoms with Crippen molar-refractivity contribution in [3.63, 3.8) is 0 Å². The predicted molar refractivity (Wildman–Crippen MR) is 250 cm³/mol. The SMILES string of the molecule is CCCCCCCCCC(=O)NOC(CNc1nc2ccc(C(=O)N3C[C@@H](C(=O)N[C@H]4C[C@@H]4c4ccccc4)[C@H](C(=O)N[C@H]4C[C@@H]4c4ccccc4)C3)cc2o1)C(=O)NCCCCCC. The lowest BCUT2D eigenvalue weighted by atomic mass is 9.94. The predicted octanol–water partition coefficient (Wildman–Crippen LogP) is 7.53. The van der Waals surface area contributed by atoms with E-state index in [9.17, 15) is 24.0 Å². The van der Waals surface area contributed by atoms with Crippen molar-refractivity contribution >= 4 is 46.7 Å². The van der Waals surface area contributed by atoms with E-state index >= 15 is 0 Å². The molecule has 65 heavy (non-hydrogen) atoms. The molecule has 0 spiro atoms. The molecule has 1 aliphatic heterocycles. The summed E-state index contributed by atoms with van der Waals surface area (Å²) in [7, 11) is 0. The zero-order valence-electron chi connectivity index (χ0n) is 38.0. The van der Waals surface area contributed by atoms with Gasteiger partial charge in [-0.05, 0) is 55.0 Å². The van der Waals surface area contributed by atoms with Gasteiger partial charge < -0.3 is 30.6 Å². The molecule has 4 aromatic rings. The maximum Gasteiger partial charge on any atom is 0.295 e. The summed E-state index contributed by atoms with van der Waals surface area (Å²) in [5.74, 6) is -2.43. The van der Waals surface area contributed by atoms with E-state index < -0.39 is 17.9 Å². The van der Waals surface area contributed by atoms with E-state index in [0.29, 0.717) is 29.6 Å². The molecule has 3 fully saturated rings. The van der Waals surface area contributed by atoms with Crippen molar-refractivity contribution in [2.45, 2.75) is 134 Å². The van der Waals surface area contributed by atoms with Gasteiger partial charge in [-0.3, -0.25) is 28.8 Å². The number of hydrogen-bond donors (Lipinski definition) is 5. The van der Waals surface area contributed by atoms with Crippen molar-refractivity contribution in [2.24, 2.45) is 11.8 Å². The number of rotatable bonds is 26. The van der Waals surface area contributed by atoms with Gasteiger partial charge in [0.2, 0.25) is 17.7 Å². The maximum absolute atomic E-state index is 14.2. The van der Waals surface area contributed by atoms with Crippen LogP contribution in [-0.2, 0) is 24.0 Å². The number of oxazole rings is 1. The van der Waals surface area contributed by atoms with Gasteiger partial charge >= 0.3 is 0 Å². The number of anilines is 1. The van der Waals surface area contributed by atoms with E-state index in [4.69, 9.17) is 9.25 Å². The summed E-state index contributed by atoms with van der Waals surface area (Å²) in [5.41, 5.74) is 5.95. The molecule has 5 amide bonds. The summed E-state index contributed by atoms with van der Waals surface area (Å²) in [6.45, 7) is 4.95. The number of fused-ring (bicyclic) bond motifs is 1. The van der Waals surface area contributed by atoms with Crippen LogP contribution in [0.15, 0.2) is 83.3 Å². The molecule has 0 bridgehead atoms. The third-order valence-electron chi connectivity index (χ3n) is 13.0. The van der Waals surface area contributed by atoms with E-state index in [0.717, 1.165) is 57.8 Å². The Balaban J connectivity index is 0.969. The van der Waals surface area contributed by atoms with Gasteiger partial charge in [0, 0.05) is 55.5 Å². The minimum Gasteiger partial charge on any atom is -0.424 e. The van der Waals surface area contributed by atoms with Crippen LogP contribution in [0.2, 0.25) is 0 Å². The number of likely N-dealkylation sites (tertiary alicyclic amines) is 1. The largest absolute Gasteiger partial charge is 0.424 e. The second-order valence-corrected chi connectivity index (χ2v) is 18.1. The Morgan fingerprint density at radius 1 is 0.723 bits per heavy atom. The number of nitrogens with zero attached hydrogens (tertiary/aromatic N) is 2. The van der Waals surface area contributed by atoms with E-state index in [1.165, 1.54) is 36.8 Å². The molecule has 2 heterocycles. The van der Waals surface area contributed by atoms with E-state index in [1.807, 2.05) is 36.4 Å². The van der Waals surface area contributed by atoms with Crippen LogP contribution in [-0.4, -0.2) is 83.8 Å². The number of unbranched alkanes of at least 4 members (excludes halogenated alkanes) is 9. The topological polar surface area (TPSA) is 184 Å². The first-order valence-electron chi connectivity index (χ1n) is 24.1. The van der Waals surface area contributed by atoms with Gasteiger partial charge in [-0.1, -0.05) is 132 Å². The third kappa shape index (κ3) is 13.4. The fraction of sp³-hybridized carbons (Fsp3) is 0.529. The van der Waals surface area contributed by atoms with Crippen LogP contribution in [0.5, 0.6) is 0 Å². The maximum atomic E-state index is 14.2. The molecule has 1 unspecified atom stereocenters. The van der Waals surface area contributed by atoms with Gasteiger partial charge in [0.15, 0.2) is 11.7 Å². The first-order valence-corrected chi connectivity index (χ1v) is 24.1. The summed E-state index contributed by atoms with van der Waals surface area (Å²) in [6, 6.07) is 25.2. The van der Waals surface area contributed by atoms with Crippen LogP contribution in [0.1, 0.15) is 137 Å². The molecule has 5 N–H and O–H groups in total. The van der Waals surface area contributed by atoms with Gasteiger partial charge in [0.1, 0.15) is 5.52 Å². The molecule has 2 aliphatic carbocycles. The highest BCUT2D eigenvalue weighted by Crippen LogP contribution is 2.43. The number of amides is 5. The van der Waals surface area contributed by atoms with Crippen molar-refractivity contribution < 1.29 is 33.2 Å². The van der Waals surface area contributed by atoms with Gasteiger partial charge in [-0.15, -0.1) is 0 Å². The number of carbonyl (C=O) groups is 5. The normalized spacial score (nSPS) is 21.4. The first kappa shape index (κ1) is 47.2. The summed E-state index contributed by atoms with van der Waals surface area (Å²) < 4.78 is 6.02. The molecule has 0 radical (unpaired) electrons. The minimum atomic E-state index is -1.06. The minimum absolute atomic E-state index is 0.0221. The van der Waals surface area contributed by atoms with Crippen LogP contribution in [0, 0.1) is 11.8 Å². The smallest absolute Gasteiger partial charge is 0.295 e. The van der Waals surface area contributed by atoms with Gasteiger partial charge in [-0.2, -0.15) is 4.98 Å². The number of carbonyl (C=O) groups excluding carboxylic acids is 5. The average molecular weight is 890 g/mol. The molecule has 14 nitrogen and oxygen atoms in total. The molecule has 14 heteroatoms. The highest BCUT2D eigenvalue weighted by molar-refractivity contribution is 5.99. The lowest BCUT2D eigenvalue weighted by Crippen LogP contribution is -2.45. The van der Waals surface area contributed by atoms with Crippen LogP contribution >= 0.6 is 0 Å². The van der Waals surface area contributed by atoms with Crippen LogP contribution < -0.4 is 26.7 Å². The van der Waals surface area contributed by atoms with Crippen LogP contribution in [0.25, 0.3) is 11.1 Å². The van der Waals surface area contributed by atoms with Gasteiger partial charge in [0.05, 0.1) is 18.4 Å². The summed E-state index contributed by atoms with van der Waals surface area (Å²) in [5, 5.41) is 12.3. The Labute approximate surface area is 382 Å². The molecular formula is C51H67N7O7. The van der Waals surface area contributed by atoms with Crippen molar-refractivity contribution in [3.8, 4) is 0 Å². The molecule has 7 atom stereocenters. The second-order valence-electron chi connectivity index (χ2n) is 18.1. The van der Waals surface area contributed by atoms with Gasteiger partial charge in [0.25, 0.3) is 17.8 Å². The van der Waals surface area contributed by atoms with E-state index in [2.05, 4.69) is 69.8 Å². The van der Waals surface area contributed by atoms with Gasteiger partial charge in [-0.25, -0.2) is 5.48 Å². The summed E-state index contributed by atoms with van der Waals surface area (Å²) in [6.07, 6.45) is 12.5. The molecule has 1 aromatic heterocycles. The lowest BCUT2D eigenvalue weighted by Gasteiger charge is -2.18. The summed E-state index contributed by atoms with van der Waals surface area (Å²) >= 11 is 0. The molecular weight excluding hydrogens is 823 g/mol. The third-order valence-corrected chi connectivity index (χ3v) is 13.0. The Kier molecular flexibility index (Phi) is 17.0. The molecule has 2 saturated carbocycles. The molecule has 3 aliphatic rings. The Hall–Kier alpha value is -5.76. The Morgan fingerprint density at radius 2 is 1.29 bits per heavy atom. The van der Waals surface area contributed by atoms with E-state index in [1.54, 1.807) is 23.1 Å². The monoisotopic (exact) mass is 890 g/mol. The molecule has 3 aromatic carbocycles. The van der Waals surface area contributed by atoms with Crippen LogP contribution in [0.4, 0.5) is 6.01 Å². The Bertz CT molecular complexity index is 2120. The highest BCUT2D eigenvalue weighted by Gasteiger charge is 2.49. The second kappa shape index (κ2) is 23.4. The average Bonchev–Trinajstić information content (AvgIpc) is 4.17. The van der Waals surface area contributed by atoms with Crippen LogP contribution in [0.3, 0.4) is 0 Å². The Morgan fingerprint density at radius 3 is 1.89 bits per heavy atom. The fourth-order valence-corrected chi connectivity index (χ4v) is 8.92. The zero-order valence-corrected chi connectivity index (χ0v) is 38.0. The quantitative estimate of drug-likeness (QED) is 0.0314. The number of hydrogen-bond acceptors (Lipinski definition) is 9. The molecule has 1 saturated heterocycles. The highest BCUT2D eigenvalue weighted by atomic mass is 16.7. The van der Waals surface area contributed by atoms with E-state index in [-0.39, 0.29) is 79.1 Å². The fourth-order valence-electron chi connectivity index (χ4n) is 8.92. The van der Waals surface area contributed by atoms with Crippen molar-refractivity contribution in [1.29, 1.82) is 0 Å². The van der Waals surface area contributed by atoms with Crippen molar-refractivity contribution in [1.82, 2.24) is 31.3 Å². The standard InChI is InChI=1S/C51H67N7O7/c1-3-5-7-9-10-11-18-24-46(59)57-65-45(49(62)52-27-19-8-6-4-2)31-53-51-56-41-26-25-36(28-44(41)64-51)50(63)58-32-39(47(60)54-42-29-37(42)34-20-14-12-15-21-34)40(33-58)48(61)55-43-30-38(43)35-22-16-13-17-23-35/h12-17,20-23,25-26,28,37-40,42-43,45H,3-11,18-19,24,27,29-33H2,1-2H3,(H,52,62)(H,53,56)(H,54,60)(H,55,61)(H,57,59)/t37-,38-,39-,40-,42+,43+,45?/m1/s1. The summed E-state index contributed by atoms with van der Waals surface area (Å²) in [4.78, 5) is 79.7.